The molecule has 5 nitrogen and oxygen atoms in total. The van der Waals surface area contributed by atoms with Crippen molar-refractivity contribution in [2.24, 2.45) is 0 Å². The molecule has 1 N–H and O–H groups in total. The van der Waals surface area contributed by atoms with Crippen LogP contribution in [0.3, 0.4) is 0 Å². The predicted octanol–water partition coefficient (Wildman–Crippen LogP) is 3.33. The fraction of sp³-hybridized carbons (Fsp3) is 0.316. The van der Waals surface area contributed by atoms with Crippen LogP contribution in [-0.4, -0.2) is 19.0 Å². The van der Waals surface area contributed by atoms with Gasteiger partial charge in [-0.3, -0.25) is 9.36 Å². The Balaban J connectivity index is 1.67. The van der Waals surface area contributed by atoms with Crippen LogP contribution >= 0.6 is 11.3 Å². The second-order valence-corrected chi connectivity index (χ2v) is 9.38. The van der Waals surface area contributed by atoms with Crippen LogP contribution < -0.4 is 9.60 Å². The highest BCUT2D eigenvalue weighted by Gasteiger charge is 2.23. The van der Waals surface area contributed by atoms with Crippen molar-refractivity contribution in [2.75, 3.05) is 0 Å². The summed E-state index contributed by atoms with van der Waals surface area (Å²) in [5.41, 5.74) is 1.80. The molecule has 0 bridgehead atoms. The first-order valence-corrected chi connectivity index (χ1v) is 11.0. The van der Waals surface area contributed by atoms with Gasteiger partial charge in [-0.15, -0.1) is 0 Å². The summed E-state index contributed by atoms with van der Waals surface area (Å²) in [7, 11) is -3.55. The zero-order valence-electron chi connectivity index (χ0n) is 14.2. The van der Waals surface area contributed by atoms with E-state index in [9.17, 15) is 13.2 Å². The van der Waals surface area contributed by atoms with E-state index in [1.807, 2.05) is 30.3 Å². The van der Waals surface area contributed by atoms with Crippen LogP contribution in [0.15, 0.2) is 58.2 Å². The maximum Gasteiger partial charge on any atom is 0.308 e. The first-order valence-electron chi connectivity index (χ1n) is 8.72. The number of nitrogens with zero attached hydrogens (tertiary/aromatic N) is 1. The zero-order valence-corrected chi connectivity index (χ0v) is 15.9. The largest absolute Gasteiger partial charge is 0.308 e. The van der Waals surface area contributed by atoms with Gasteiger partial charge in [0.15, 0.2) is 0 Å². The molecule has 7 heteroatoms. The van der Waals surface area contributed by atoms with Gasteiger partial charge in [-0.25, -0.2) is 13.1 Å². The number of hydrogen-bond acceptors (Lipinski definition) is 4. The Bertz CT molecular complexity index is 1080. The number of nitrogens with one attached hydrogen (secondary N) is 1. The molecule has 136 valence electrons. The Morgan fingerprint density at radius 1 is 1.08 bits per heavy atom. The van der Waals surface area contributed by atoms with E-state index in [1.165, 1.54) is 0 Å². The van der Waals surface area contributed by atoms with E-state index >= 15 is 0 Å². The summed E-state index contributed by atoms with van der Waals surface area (Å²) in [4.78, 5) is 12.5. The van der Waals surface area contributed by atoms with E-state index in [0.717, 1.165) is 48.1 Å². The number of aromatic nitrogens is 1. The molecule has 4 rings (SSSR count). The summed E-state index contributed by atoms with van der Waals surface area (Å²) in [6.07, 6.45) is 3.91. The Morgan fingerprint density at radius 2 is 1.81 bits per heavy atom. The standard InChI is InChI=1S/C19H20N2O3S2/c22-19-21(13-14-6-2-1-3-7-14)17-11-10-16(12-18(17)25-19)26(23,24)20-15-8-4-5-9-15/h1-3,6-7,10-12,15,20H,4-5,8-9,13H2. The monoisotopic (exact) mass is 388 g/mol. The number of thiazole rings is 1. The predicted molar refractivity (Wildman–Crippen MR) is 104 cm³/mol. The van der Waals surface area contributed by atoms with Crippen molar-refractivity contribution in [3.63, 3.8) is 0 Å². The minimum absolute atomic E-state index is 0.0251. The normalized spacial score (nSPS) is 15.7. The van der Waals surface area contributed by atoms with Crippen LogP contribution in [0.1, 0.15) is 31.2 Å². The van der Waals surface area contributed by atoms with Crippen molar-refractivity contribution >= 4 is 31.6 Å². The highest BCUT2D eigenvalue weighted by Crippen LogP contribution is 2.24. The van der Waals surface area contributed by atoms with E-state index in [1.54, 1.807) is 22.8 Å². The number of hydrogen-bond donors (Lipinski definition) is 1. The smallest absolute Gasteiger partial charge is 0.294 e. The summed E-state index contributed by atoms with van der Waals surface area (Å²) in [5.74, 6) is 0. The third-order valence-electron chi connectivity index (χ3n) is 4.81. The molecule has 1 saturated carbocycles. The maximum atomic E-state index is 12.6. The van der Waals surface area contributed by atoms with Gasteiger partial charge in [0.2, 0.25) is 10.0 Å². The van der Waals surface area contributed by atoms with E-state index in [4.69, 9.17) is 0 Å². The molecular formula is C19H20N2O3S2. The maximum absolute atomic E-state index is 12.6. The van der Waals surface area contributed by atoms with E-state index in [2.05, 4.69) is 4.72 Å². The van der Waals surface area contributed by atoms with Gasteiger partial charge in [-0.05, 0) is 36.6 Å². The number of sulfonamides is 1. The fourth-order valence-electron chi connectivity index (χ4n) is 3.46. The molecule has 0 amide bonds. The summed E-state index contributed by atoms with van der Waals surface area (Å²) >= 11 is 1.09. The van der Waals surface area contributed by atoms with E-state index in [-0.39, 0.29) is 15.8 Å². The van der Waals surface area contributed by atoms with Crippen LogP contribution in [-0.2, 0) is 16.6 Å². The first-order chi connectivity index (χ1) is 12.5. The molecule has 0 spiro atoms. The second kappa shape index (κ2) is 6.98. The van der Waals surface area contributed by atoms with Gasteiger partial charge >= 0.3 is 4.87 Å². The molecule has 2 aromatic carbocycles. The quantitative estimate of drug-likeness (QED) is 0.729. The molecule has 1 aliphatic rings. The molecule has 1 fully saturated rings. The number of rotatable bonds is 5. The van der Waals surface area contributed by atoms with Gasteiger partial charge in [-0.2, -0.15) is 0 Å². The Morgan fingerprint density at radius 3 is 2.54 bits per heavy atom. The van der Waals surface area contributed by atoms with Gasteiger partial charge in [0.1, 0.15) is 0 Å². The Kier molecular flexibility index (Phi) is 4.69. The SMILES string of the molecule is O=c1sc2cc(S(=O)(=O)NC3CCCC3)ccc2n1Cc1ccccc1. The topological polar surface area (TPSA) is 68.2 Å². The summed E-state index contributed by atoms with van der Waals surface area (Å²) in [6.45, 7) is 0.478. The molecule has 1 aromatic heterocycles. The Hall–Kier alpha value is -1.96. The first kappa shape index (κ1) is 17.5. The lowest BCUT2D eigenvalue weighted by Gasteiger charge is -2.12. The second-order valence-electron chi connectivity index (χ2n) is 6.67. The average molecular weight is 389 g/mol. The molecule has 0 unspecified atom stereocenters. The van der Waals surface area contributed by atoms with Crippen molar-refractivity contribution in [3.05, 3.63) is 63.8 Å². The van der Waals surface area contributed by atoms with Gasteiger partial charge < -0.3 is 0 Å². The molecule has 1 aliphatic carbocycles. The van der Waals surface area contributed by atoms with Gasteiger partial charge in [0, 0.05) is 6.04 Å². The lowest BCUT2D eigenvalue weighted by molar-refractivity contribution is 0.552. The van der Waals surface area contributed by atoms with Crippen LogP contribution in [0.4, 0.5) is 0 Å². The zero-order chi connectivity index (χ0) is 18.1. The number of fused-ring (bicyclic) bond motifs is 1. The molecule has 26 heavy (non-hydrogen) atoms. The molecule has 1 heterocycles. The Labute approximate surface area is 156 Å². The molecule has 0 aliphatic heterocycles. The van der Waals surface area contributed by atoms with Crippen molar-refractivity contribution in [1.82, 2.24) is 9.29 Å². The van der Waals surface area contributed by atoms with Crippen LogP contribution in [0.2, 0.25) is 0 Å². The highest BCUT2D eigenvalue weighted by molar-refractivity contribution is 7.89. The molecule has 0 saturated heterocycles. The van der Waals surface area contributed by atoms with E-state index in [0.29, 0.717) is 11.2 Å². The molecular weight excluding hydrogens is 368 g/mol. The van der Waals surface area contributed by atoms with Crippen molar-refractivity contribution < 1.29 is 8.42 Å². The van der Waals surface area contributed by atoms with Crippen LogP contribution in [0, 0.1) is 0 Å². The minimum atomic E-state index is -3.55. The molecule has 0 radical (unpaired) electrons. The third-order valence-corrected chi connectivity index (χ3v) is 7.27. The third kappa shape index (κ3) is 3.47. The summed E-state index contributed by atoms with van der Waals surface area (Å²) in [5, 5.41) is 0. The van der Waals surface area contributed by atoms with Crippen molar-refractivity contribution in [2.45, 2.75) is 43.2 Å². The fourth-order valence-corrected chi connectivity index (χ4v) is 5.80. The van der Waals surface area contributed by atoms with E-state index < -0.39 is 10.0 Å². The molecule has 3 aromatic rings. The van der Waals surface area contributed by atoms with Gasteiger partial charge in [0.25, 0.3) is 0 Å². The summed E-state index contributed by atoms with van der Waals surface area (Å²) in [6, 6.07) is 14.7. The van der Waals surface area contributed by atoms with Crippen molar-refractivity contribution in [3.8, 4) is 0 Å². The lowest BCUT2D eigenvalue weighted by Crippen LogP contribution is -2.32. The number of benzene rings is 2. The lowest BCUT2D eigenvalue weighted by atomic mass is 10.2. The van der Waals surface area contributed by atoms with Gasteiger partial charge in [0.05, 0.1) is 21.7 Å². The minimum Gasteiger partial charge on any atom is -0.294 e. The van der Waals surface area contributed by atoms with Crippen molar-refractivity contribution in [1.29, 1.82) is 0 Å². The average Bonchev–Trinajstić information content (AvgIpc) is 3.23. The summed E-state index contributed by atoms with van der Waals surface area (Å²) < 4.78 is 30.4. The van der Waals surface area contributed by atoms with Gasteiger partial charge in [-0.1, -0.05) is 54.5 Å². The molecule has 0 atom stereocenters. The van der Waals surface area contributed by atoms with Crippen LogP contribution in [0.5, 0.6) is 0 Å². The van der Waals surface area contributed by atoms with Crippen LogP contribution in [0.25, 0.3) is 10.2 Å². The highest BCUT2D eigenvalue weighted by atomic mass is 32.2.